The minimum atomic E-state index is -2.23. The van der Waals surface area contributed by atoms with Gasteiger partial charge in [-0.25, -0.2) is 9.18 Å². The first-order valence-corrected chi connectivity index (χ1v) is 6.37. The van der Waals surface area contributed by atoms with E-state index in [4.69, 9.17) is 5.11 Å². The highest BCUT2D eigenvalue weighted by atomic mass is 19.1. The molecule has 0 aliphatic carbocycles. The number of hydrogen-bond donors (Lipinski definition) is 2. The molecule has 0 radical (unpaired) electrons. The van der Waals surface area contributed by atoms with Crippen molar-refractivity contribution >= 4 is 5.97 Å². The van der Waals surface area contributed by atoms with Gasteiger partial charge in [0.05, 0.1) is 0 Å². The van der Waals surface area contributed by atoms with Crippen LogP contribution in [0.2, 0.25) is 0 Å². The predicted octanol–water partition coefficient (Wildman–Crippen LogP) is 1.44. The summed E-state index contributed by atoms with van der Waals surface area (Å²) < 4.78 is 13.6. The number of piperidine rings is 1. The largest absolute Gasteiger partial charge is 0.479 e. The van der Waals surface area contributed by atoms with Gasteiger partial charge in [-0.2, -0.15) is 0 Å². The summed E-state index contributed by atoms with van der Waals surface area (Å²) in [6.45, 7) is 1.38. The van der Waals surface area contributed by atoms with Gasteiger partial charge in [-0.1, -0.05) is 30.3 Å². The highest BCUT2D eigenvalue weighted by Crippen LogP contribution is 2.27. The summed E-state index contributed by atoms with van der Waals surface area (Å²) >= 11 is 0. The van der Waals surface area contributed by atoms with E-state index in [1.54, 1.807) is 0 Å². The molecule has 5 heteroatoms. The molecule has 0 spiro atoms. The monoisotopic (exact) mass is 267 g/mol. The van der Waals surface area contributed by atoms with Crippen LogP contribution in [0.25, 0.3) is 0 Å². The lowest BCUT2D eigenvalue weighted by Crippen LogP contribution is -2.55. The number of nitrogens with zero attached hydrogens (tertiary/aromatic N) is 1. The van der Waals surface area contributed by atoms with E-state index in [1.165, 1.54) is 0 Å². The quantitative estimate of drug-likeness (QED) is 0.866. The van der Waals surface area contributed by atoms with E-state index in [-0.39, 0.29) is 13.0 Å². The van der Waals surface area contributed by atoms with Crippen LogP contribution in [-0.2, 0) is 11.3 Å². The zero-order valence-corrected chi connectivity index (χ0v) is 10.6. The van der Waals surface area contributed by atoms with E-state index in [0.717, 1.165) is 12.1 Å². The Balaban J connectivity index is 2.03. The molecule has 1 aromatic rings. The first-order chi connectivity index (χ1) is 9.01. The zero-order valence-electron chi connectivity index (χ0n) is 10.6. The predicted molar refractivity (Wildman–Crippen MR) is 68.4 cm³/mol. The van der Waals surface area contributed by atoms with Gasteiger partial charge >= 0.3 is 5.97 Å². The summed E-state index contributed by atoms with van der Waals surface area (Å²) in [6.07, 6.45) is -1.45. The Morgan fingerprint density at radius 2 is 2.11 bits per heavy atom. The number of carbonyl (C=O) groups is 1. The molecule has 1 aliphatic heterocycles. The van der Waals surface area contributed by atoms with Crippen LogP contribution in [0.1, 0.15) is 18.4 Å². The van der Waals surface area contributed by atoms with E-state index >= 15 is 0 Å². The second kappa shape index (κ2) is 5.67. The molecule has 2 unspecified atom stereocenters. The number of aliphatic carboxylic acids is 1. The number of rotatable bonds is 4. The summed E-state index contributed by atoms with van der Waals surface area (Å²) in [4.78, 5) is 12.6. The van der Waals surface area contributed by atoms with Crippen LogP contribution in [0.3, 0.4) is 0 Å². The Morgan fingerprint density at radius 3 is 2.74 bits per heavy atom. The fraction of sp³-hybridized carbons (Fsp3) is 0.500. The van der Waals surface area contributed by atoms with Crippen molar-refractivity contribution < 1.29 is 19.4 Å². The van der Waals surface area contributed by atoms with Crippen LogP contribution in [0.4, 0.5) is 4.39 Å². The molecule has 0 aromatic heterocycles. The highest BCUT2D eigenvalue weighted by Gasteiger charge is 2.45. The lowest BCUT2D eigenvalue weighted by atomic mass is 9.88. The van der Waals surface area contributed by atoms with Gasteiger partial charge in [0.2, 0.25) is 6.17 Å². The minimum Gasteiger partial charge on any atom is -0.479 e. The van der Waals surface area contributed by atoms with Crippen LogP contribution < -0.4 is 0 Å². The normalized spacial score (nSPS) is 26.0. The molecule has 0 saturated carbocycles. The molecule has 2 N–H and O–H groups in total. The number of carboxylic acid groups (broad SMARTS) is 1. The van der Waals surface area contributed by atoms with Crippen LogP contribution in [0, 0.1) is 0 Å². The molecule has 19 heavy (non-hydrogen) atoms. The first kappa shape index (κ1) is 14.0. The molecular weight excluding hydrogens is 249 g/mol. The average Bonchev–Trinajstić information content (AvgIpc) is 2.39. The Morgan fingerprint density at radius 1 is 1.42 bits per heavy atom. The molecule has 1 fully saturated rings. The second-order valence-electron chi connectivity index (χ2n) is 5.10. The maximum absolute atomic E-state index is 13.6. The number of aliphatic hydroxyl groups is 1. The third kappa shape index (κ3) is 3.30. The number of β-amino-alcohol motifs (C(OH)–C–C–N with tert-alkyl or cyclic N) is 1. The third-order valence-electron chi connectivity index (χ3n) is 3.52. The lowest BCUT2D eigenvalue weighted by molar-refractivity contribution is -0.159. The molecule has 4 nitrogen and oxygen atoms in total. The smallest absolute Gasteiger partial charge is 0.341 e. The molecule has 104 valence electrons. The molecule has 1 aliphatic rings. The number of carboxylic acids is 1. The van der Waals surface area contributed by atoms with Crippen molar-refractivity contribution in [1.82, 2.24) is 4.90 Å². The standard InChI is InChI=1S/C14H18FNO3/c15-12(13(17)18)14(19)7-4-8-16(10-14)9-11-5-2-1-3-6-11/h1-3,5-6,12,19H,4,7-10H2,(H,17,18). The molecule has 1 aromatic carbocycles. The Labute approximate surface area is 111 Å². The summed E-state index contributed by atoms with van der Waals surface area (Å²) in [6, 6.07) is 9.66. The van der Waals surface area contributed by atoms with Crippen molar-refractivity contribution in [2.75, 3.05) is 13.1 Å². The van der Waals surface area contributed by atoms with Gasteiger partial charge in [-0.15, -0.1) is 0 Å². The fourth-order valence-electron chi connectivity index (χ4n) is 2.57. The summed E-state index contributed by atoms with van der Waals surface area (Å²) in [5.74, 6) is -1.59. The van der Waals surface area contributed by atoms with Crippen molar-refractivity contribution in [1.29, 1.82) is 0 Å². The van der Waals surface area contributed by atoms with Crippen molar-refractivity contribution in [3.05, 3.63) is 35.9 Å². The van der Waals surface area contributed by atoms with Crippen molar-refractivity contribution in [2.45, 2.75) is 31.2 Å². The minimum absolute atomic E-state index is 0.0510. The van der Waals surface area contributed by atoms with Gasteiger partial charge in [0.25, 0.3) is 0 Å². The van der Waals surface area contributed by atoms with E-state index in [2.05, 4.69) is 0 Å². The third-order valence-corrected chi connectivity index (χ3v) is 3.52. The zero-order chi connectivity index (χ0) is 13.9. The molecule has 1 heterocycles. The Bertz CT molecular complexity index is 440. The fourth-order valence-corrected chi connectivity index (χ4v) is 2.57. The highest BCUT2D eigenvalue weighted by molar-refractivity contribution is 5.73. The van der Waals surface area contributed by atoms with E-state index in [1.807, 2.05) is 35.2 Å². The van der Waals surface area contributed by atoms with Gasteiger partial charge < -0.3 is 10.2 Å². The topological polar surface area (TPSA) is 60.8 Å². The van der Waals surface area contributed by atoms with Crippen LogP contribution in [0.15, 0.2) is 30.3 Å². The van der Waals surface area contributed by atoms with Gasteiger partial charge in [0.15, 0.2) is 0 Å². The average molecular weight is 267 g/mol. The Hall–Kier alpha value is -1.46. The van der Waals surface area contributed by atoms with Gasteiger partial charge in [-0.3, -0.25) is 4.90 Å². The van der Waals surface area contributed by atoms with Crippen molar-refractivity contribution in [3.63, 3.8) is 0 Å². The second-order valence-corrected chi connectivity index (χ2v) is 5.10. The molecule has 2 rings (SSSR count). The Kier molecular flexibility index (Phi) is 4.17. The number of hydrogen-bond acceptors (Lipinski definition) is 3. The van der Waals surface area contributed by atoms with Crippen LogP contribution >= 0.6 is 0 Å². The number of likely N-dealkylation sites (tertiary alicyclic amines) is 1. The van der Waals surface area contributed by atoms with Gasteiger partial charge in [0, 0.05) is 13.1 Å². The SMILES string of the molecule is O=C(O)C(F)C1(O)CCCN(Cc2ccccc2)C1. The first-order valence-electron chi connectivity index (χ1n) is 6.37. The van der Waals surface area contributed by atoms with Crippen LogP contribution in [-0.4, -0.2) is 45.9 Å². The van der Waals surface area contributed by atoms with Gasteiger partial charge in [0.1, 0.15) is 5.60 Å². The molecule has 0 amide bonds. The van der Waals surface area contributed by atoms with Crippen molar-refractivity contribution in [3.8, 4) is 0 Å². The number of halogens is 1. The molecule has 1 saturated heterocycles. The van der Waals surface area contributed by atoms with E-state index < -0.39 is 17.7 Å². The molecule has 2 atom stereocenters. The maximum atomic E-state index is 13.6. The van der Waals surface area contributed by atoms with Crippen LogP contribution in [0.5, 0.6) is 0 Å². The van der Waals surface area contributed by atoms with Crippen molar-refractivity contribution in [2.24, 2.45) is 0 Å². The van der Waals surface area contributed by atoms with Gasteiger partial charge in [-0.05, 0) is 24.9 Å². The summed E-state index contributed by atoms with van der Waals surface area (Å²) in [5.41, 5.74) is -0.712. The summed E-state index contributed by atoms with van der Waals surface area (Å²) in [7, 11) is 0. The maximum Gasteiger partial charge on any atom is 0.341 e. The summed E-state index contributed by atoms with van der Waals surface area (Å²) in [5, 5.41) is 18.9. The van der Waals surface area contributed by atoms with E-state index in [9.17, 15) is 14.3 Å². The van der Waals surface area contributed by atoms with E-state index in [0.29, 0.717) is 13.0 Å². The number of alkyl halides is 1. The number of benzene rings is 1. The molecule has 0 bridgehead atoms. The molecular formula is C14H18FNO3. The lowest BCUT2D eigenvalue weighted by Gasteiger charge is -2.39.